The Kier molecular flexibility index (Phi) is 5.40. The molecule has 0 spiro atoms. The third kappa shape index (κ3) is 3.98. The number of nitrogens with zero attached hydrogens (tertiary/aromatic N) is 1. The van der Waals surface area contributed by atoms with Crippen molar-refractivity contribution in [2.24, 2.45) is 5.92 Å². The van der Waals surface area contributed by atoms with Crippen LogP contribution in [0.4, 0.5) is 0 Å². The van der Waals surface area contributed by atoms with Crippen LogP contribution in [0.25, 0.3) is 5.76 Å². The smallest absolute Gasteiger partial charge is 0.166 e. The normalized spacial score (nSPS) is 18.0. The van der Waals surface area contributed by atoms with Crippen molar-refractivity contribution in [1.82, 2.24) is 4.90 Å². The van der Waals surface area contributed by atoms with Crippen molar-refractivity contribution in [1.29, 1.82) is 0 Å². The van der Waals surface area contributed by atoms with Crippen molar-refractivity contribution in [3.8, 4) is 0 Å². The van der Waals surface area contributed by atoms with Gasteiger partial charge in [0.1, 0.15) is 5.76 Å². The first kappa shape index (κ1) is 18.0. The molecular weight excluding hydrogens is 334 g/mol. The Bertz CT molecular complexity index is 833. The molecule has 0 bridgehead atoms. The molecule has 1 fully saturated rings. The van der Waals surface area contributed by atoms with Gasteiger partial charge in [0.15, 0.2) is 5.78 Å². The van der Waals surface area contributed by atoms with Crippen molar-refractivity contribution in [3.63, 3.8) is 0 Å². The largest absolute Gasteiger partial charge is 0.508 e. The Morgan fingerprint density at radius 3 is 2.59 bits per heavy atom. The van der Waals surface area contributed by atoms with Crippen LogP contribution in [0.15, 0.2) is 54.6 Å². The lowest BCUT2D eigenvalue weighted by atomic mass is 9.83. The molecule has 0 amide bonds. The molecule has 1 aliphatic carbocycles. The van der Waals surface area contributed by atoms with E-state index < -0.39 is 0 Å². The lowest BCUT2D eigenvalue weighted by Gasteiger charge is -2.31. The predicted molar refractivity (Wildman–Crippen MR) is 109 cm³/mol. The maximum absolute atomic E-state index is 13.1. The van der Waals surface area contributed by atoms with E-state index in [1.807, 2.05) is 24.3 Å². The van der Waals surface area contributed by atoms with Gasteiger partial charge in [0.05, 0.1) is 0 Å². The summed E-state index contributed by atoms with van der Waals surface area (Å²) in [7, 11) is 0. The molecule has 0 saturated carbocycles. The van der Waals surface area contributed by atoms with Crippen LogP contribution < -0.4 is 0 Å². The van der Waals surface area contributed by atoms with Gasteiger partial charge in [-0.25, -0.2) is 0 Å². The third-order valence-electron chi connectivity index (χ3n) is 5.97. The Hall–Kier alpha value is -2.39. The number of aliphatic hydroxyl groups is 1. The molecule has 27 heavy (non-hydrogen) atoms. The van der Waals surface area contributed by atoms with Gasteiger partial charge in [-0.05, 0) is 62.4 Å². The second kappa shape index (κ2) is 8.10. The van der Waals surface area contributed by atoms with Crippen LogP contribution in [0.2, 0.25) is 0 Å². The molecule has 3 heteroatoms. The zero-order valence-electron chi connectivity index (χ0n) is 15.7. The van der Waals surface area contributed by atoms with Crippen LogP contribution >= 0.6 is 0 Å². The second-order valence-electron chi connectivity index (χ2n) is 7.68. The number of ketones is 1. The summed E-state index contributed by atoms with van der Waals surface area (Å²) in [6.45, 7) is 3.04. The van der Waals surface area contributed by atoms with E-state index in [4.69, 9.17) is 0 Å². The molecular formula is C24H27NO2. The molecule has 1 aliphatic heterocycles. The monoisotopic (exact) mass is 361 g/mol. The third-order valence-corrected chi connectivity index (χ3v) is 5.97. The molecule has 2 aromatic rings. The quantitative estimate of drug-likeness (QED) is 0.787. The number of carbonyl (C=O) groups is 1. The molecule has 4 rings (SSSR count). The first-order chi connectivity index (χ1) is 13.2. The van der Waals surface area contributed by atoms with Gasteiger partial charge in [0.2, 0.25) is 0 Å². The van der Waals surface area contributed by atoms with Crippen LogP contribution in [0.3, 0.4) is 0 Å². The molecule has 140 valence electrons. The number of likely N-dealkylation sites (tertiary alicyclic amines) is 1. The van der Waals surface area contributed by atoms with E-state index in [1.54, 1.807) is 0 Å². The van der Waals surface area contributed by atoms with Gasteiger partial charge in [-0.2, -0.15) is 0 Å². The molecule has 0 radical (unpaired) electrons. The summed E-state index contributed by atoms with van der Waals surface area (Å²) >= 11 is 0. The first-order valence-electron chi connectivity index (χ1n) is 10.0. The van der Waals surface area contributed by atoms with Gasteiger partial charge < -0.3 is 10.0 Å². The fourth-order valence-electron chi connectivity index (χ4n) is 4.36. The van der Waals surface area contributed by atoms with Crippen molar-refractivity contribution >= 4 is 11.5 Å². The number of fused-ring (bicyclic) bond motifs is 1. The minimum Gasteiger partial charge on any atom is -0.508 e. The van der Waals surface area contributed by atoms with E-state index >= 15 is 0 Å². The number of allylic oxidation sites excluding steroid dienone is 1. The molecule has 2 aliphatic rings. The number of rotatable bonds is 5. The number of Topliss-reactive ketones (excluding diaryl/α,β-unsaturated/α-hetero) is 1. The second-order valence-corrected chi connectivity index (χ2v) is 7.68. The summed E-state index contributed by atoms with van der Waals surface area (Å²) in [5, 5.41) is 10.1. The zero-order valence-corrected chi connectivity index (χ0v) is 15.7. The number of carbonyl (C=O) groups excluding carboxylic acids is 1. The maximum atomic E-state index is 13.1. The highest BCUT2D eigenvalue weighted by Gasteiger charge is 2.28. The number of piperidine rings is 1. The number of aliphatic hydroxyl groups excluding tert-OH is 1. The summed E-state index contributed by atoms with van der Waals surface area (Å²) in [4.78, 5) is 15.6. The van der Waals surface area contributed by atoms with Gasteiger partial charge >= 0.3 is 0 Å². The predicted octanol–water partition coefficient (Wildman–Crippen LogP) is 4.67. The molecule has 0 unspecified atom stereocenters. The average molecular weight is 361 g/mol. The number of benzene rings is 2. The summed E-state index contributed by atoms with van der Waals surface area (Å²) in [5.41, 5.74) is 4.08. The van der Waals surface area contributed by atoms with Crippen LogP contribution in [0.5, 0.6) is 0 Å². The highest BCUT2D eigenvalue weighted by Crippen LogP contribution is 2.30. The highest BCUT2D eigenvalue weighted by atomic mass is 16.3. The van der Waals surface area contributed by atoms with Crippen molar-refractivity contribution in [3.05, 3.63) is 76.9 Å². The van der Waals surface area contributed by atoms with Crippen molar-refractivity contribution in [2.75, 3.05) is 19.6 Å². The summed E-state index contributed by atoms with van der Waals surface area (Å²) in [6.07, 6.45) is 6.43. The van der Waals surface area contributed by atoms with E-state index in [9.17, 15) is 9.90 Å². The van der Waals surface area contributed by atoms with Crippen LogP contribution in [0.1, 0.15) is 46.3 Å². The molecule has 0 atom stereocenters. The molecule has 2 aromatic carbocycles. The minimum absolute atomic E-state index is 0.109. The van der Waals surface area contributed by atoms with Gasteiger partial charge in [-0.3, -0.25) is 4.79 Å². The number of hydrogen-bond acceptors (Lipinski definition) is 3. The van der Waals surface area contributed by atoms with Gasteiger partial charge in [-0.15, -0.1) is 0 Å². The van der Waals surface area contributed by atoms with Crippen LogP contribution in [-0.2, 0) is 12.8 Å². The maximum Gasteiger partial charge on any atom is 0.166 e. The Labute approximate surface area is 161 Å². The summed E-state index contributed by atoms with van der Waals surface area (Å²) < 4.78 is 0. The van der Waals surface area contributed by atoms with Gasteiger partial charge in [0, 0.05) is 23.6 Å². The van der Waals surface area contributed by atoms with E-state index in [0.29, 0.717) is 5.76 Å². The van der Waals surface area contributed by atoms with Gasteiger partial charge in [-0.1, -0.05) is 48.5 Å². The van der Waals surface area contributed by atoms with Gasteiger partial charge in [0.25, 0.3) is 0 Å². The first-order valence-corrected chi connectivity index (χ1v) is 10.0. The molecule has 1 saturated heterocycles. The fourth-order valence-corrected chi connectivity index (χ4v) is 4.36. The topological polar surface area (TPSA) is 40.5 Å². The molecule has 1 heterocycles. The Morgan fingerprint density at radius 2 is 1.81 bits per heavy atom. The average Bonchev–Trinajstić information content (AvgIpc) is 2.73. The number of hydrogen-bond donors (Lipinski definition) is 1. The van der Waals surface area contributed by atoms with E-state index in [2.05, 4.69) is 35.2 Å². The van der Waals surface area contributed by atoms with E-state index in [1.165, 1.54) is 5.56 Å². The standard InChI is InChI=1S/C24H27NO2/c26-23-11-5-8-20-21(23)9-4-10-22(20)24(27)19-13-16-25(17-14-19)15-12-18-6-2-1-3-7-18/h1-4,6-7,9-11,19,26H,5,8,12-17H2. The lowest BCUT2D eigenvalue weighted by Crippen LogP contribution is -2.37. The fraction of sp³-hybridized carbons (Fsp3) is 0.375. The van der Waals surface area contributed by atoms with E-state index in [0.717, 1.165) is 68.4 Å². The lowest BCUT2D eigenvalue weighted by molar-refractivity contribution is 0.0840. The Balaban J connectivity index is 1.37. The molecule has 3 nitrogen and oxygen atoms in total. The van der Waals surface area contributed by atoms with E-state index in [-0.39, 0.29) is 11.7 Å². The van der Waals surface area contributed by atoms with Crippen LogP contribution in [0, 0.1) is 5.92 Å². The Morgan fingerprint density at radius 1 is 1.04 bits per heavy atom. The summed E-state index contributed by atoms with van der Waals surface area (Å²) in [5.74, 6) is 0.698. The molecule has 1 N–H and O–H groups in total. The zero-order chi connectivity index (χ0) is 18.6. The molecule has 0 aromatic heterocycles. The van der Waals surface area contributed by atoms with Crippen molar-refractivity contribution in [2.45, 2.75) is 32.1 Å². The minimum atomic E-state index is 0.109. The van der Waals surface area contributed by atoms with Crippen molar-refractivity contribution < 1.29 is 9.90 Å². The highest BCUT2D eigenvalue weighted by molar-refractivity contribution is 6.00. The SMILES string of the molecule is O=C(c1cccc2c1CCC=C2O)C1CCN(CCc2ccccc2)CC1. The van der Waals surface area contributed by atoms with Crippen LogP contribution in [-0.4, -0.2) is 35.4 Å². The summed E-state index contributed by atoms with van der Waals surface area (Å²) in [6, 6.07) is 16.4.